The molecule has 0 saturated carbocycles. The van der Waals surface area contributed by atoms with Crippen LogP contribution in [0, 0.1) is 0 Å². The largest absolute Gasteiger partial charge is 0.457 e. The van der Waals surface area contributed by atoms with Crippen LogP contribution in [0.5, 0.6) is 11.5 Å². The third-order valence-electron chi connectivity index (χ3n) is 16.5. The van der Waals surface area contributed by atoms with Gasteiger partial charge in [-0.25, -0.2) is 0 Å². The van der Waals surface area contributed by atoms with Gasteiger partial charge >= 0.3 is 0 Å². The van der Waals surface area contributed by atoms with Crippen LogP contribution in [0.25, 0.3) is 60.9 Å². The monoisotopic (exact) mass is 1030 g/mol. The normalized spacial score (nSPS) is 16.2. The number of rotatable bonds is 5. The number of nitrogens with zero attached hydrogens (tertiary/aromatic N) is 2. The summed E-state index contributed by atoms with van der Waals surface area (Å²) in [5.41, 5.74) is 12.9. The molecule has 0 unspecified atom stereocenters. The SMILES string of the molecule is [2H]c1c([2H])c([2H])c(-c2ccc3c(c2)N(c2c(-c4ccccc4)cc(C(C)(C)C)cc2-c2ccccc2)c2cc(C(C)(C)C)cc4c2B3c2ccc(-n3c5c([2H])c([2H])c([2H])c([2H])c5c5c([2H])c([2H])c([2H])c([2H])c53)cc2C42c3ccccc3Oc3ccccc32)c([2H])c1[2H]. The minimum atomic E-state index is -1.27. The Hall–Kier alpha value is -9.12. The van der Waals surface area contributed by atoms with Crippen molar-refractivity contribution in [1.29, 1.82) is 0 Å². The van der Waals surface area contributed by atoms with Gasteiger partial charge < -0.3 is 14.2 Å². The van der Waals surface area contributed by atoms with Crippen LogP contribution in [0.15, 0.2) is 248 Å². The first-order chi connectivity index (χ1) is 43.9. The number of para-hydroxylation sites is 4. The van der Waals surface area contributed by atoms with Gasteiger partial charge in [0.2, 0.25) is 6.71 Å². The molecule has 378 valence electrons. The minimum absolute atomic E-state index is 0.00644. The summed E-state index contributed by atoms with van der Waals surface area (Å²) in [6.07, 6.45) is 0. The van der Waals surface area contributed by atoms with Crippen LogP contribution in [-0.4, -0.2) is 11.3 Å². The Morgan fingerprint density at radius 2 is 0.962 bits per heavy atom. The van der Waals surface area contributed by atoms with E-state index in [4.69, 9.17) is 14.3 Å². The Kier molecular flexibility index (Phi) is 7.80. The van der Waals surface area contributed by atoms with Crippen molar-refractivity contribution in [3.05, 3.63) is 282 Å². The number of fused-ring (bicyclic) bond motifs is 13. The van der Waals surface area contributed by atoms with Crippen molar-refractivity contribution >= 4 is 62.0 Å². The van der Waals surface area contributed by atoms with Crippen molar-refractivity contribution in [2.24, 2.45) is 0 Å². The smallest absolute Gasteiger partial charge is 0.247 e. The topological polar surface area (TPSA) is 17.4 Å². The fourth-order valence-corrected chi connectivity index (χ4v) is 12.9. The quantitative estimate of drug-likeness (QED) is 0.160. The molecule has 0 fully saturated rings. The first kappa shape index (κ1) is 35.3. The van der Waals surface area contributed by atoms with Gasteiger partial charge in [0.25, 0.3) is 0 Å². The van der Waals surface area contributed by atoms with Gasteiger partial charge in [0.15, 0.2) is 0 Å². The van der Waals surface area contributed by atoms with E-state index < -0.39 is 84.0 Å². The molecule has 0 amide bonds. The summed E-state index contributed by atoms with van der Waals surface area (Å²) in [6.45, 7) is 12.6. The van der Waals surface area contributed by atoms with Crippen molar-refractivity contribution < 1.29 is 22.6 Å². The minimum Gasteiger partial charge on any atom is -0.457 e. The Morgan fingerprint density at radius 1 is 0.430 bits per heavy atom. The van der Waals surface area contributed by atoms with Gasteiger partial charge in [-0.05, 0) is 127 Å². The summed E-state index contributed by atoms with van der Waals surface area (Å²) in [5, 5.41) is -0.0676. The van der Waals surface area contributed by atoms with Crippen LogP contribution in [-0.2, 0) is 16.2 Å². The highest BCUT2D eigenvalue weighted by atomic mass is 16.5. The second-order valence-corrected chi connectivity index (χ2v) is 23.0. The standard InChI is InChI=1S/C75H59BN2O/c1-73(2,3)52-43-57(49-26-12-8-13-27-49)72(58(44-52)50-28-14-9-15-29-50)78-67-42-51(48-24-10-7-11-25-48)38-40-64(67)76-63-41-39-54(77-65-34-20-16-30-55(65)56-31-17-21-35-66(56)77)47-61(63)75(62-45-53(74(4,5)6)46-68(78)71(62)76)59-32-18-22-36-69(59)79-70-37-23-19-33-60(70)75/h7-47H,1-6H3/i7D,10D,11D,16D,17D,20D,21D,24D,25D,30D,31D,34D,35D. The van der Waals surface area contributed by atoms with Gasteiger partial charge in [-0.3, -0.25) is 0 Å². The van der Waals surface area contributed by atoms with E-state index in [-0.39, 0.29) is 44.9 Å². The zero-order valence-electron chi connectivity index (χ0n) is 57.5. The van der Waals surface area contributed by atoms with E-state index in [9.17, 15) is 8.22 Å². The van der Waals surface area contributed by atoms with Gasteiger partial charge in [0, 0.05) is 50.1 Å². The van der Waals surface area contributed by atoms with Crippen LogP contribution >= 0.6 is 0 Å². The zero-order valence-corrected chi connectivity index (χ0v) is 44.5. The number of ether oxygens (including phenoxy) is 1. The highest BCUT2D eigenvalue weighted by Gasteiger charge is 2.55. The Balaban J connectivity index is 1.17. The molecule has 4 heteroatoms. The summed E-state index contributed by atoms with van der Waals surface area (Å²) >= 11 is 0. The molecule has 3 nitrogen and oxygen atoms in total. The molecule has 11 aromatic carbocycles. The number of anilines is 3. The average Bonchev–Trinajstić information content (AvgIpc) is 0.689. The molecule has 0 radical (unpaired) electrons. The molecule has 4 heterocycles. The summed E-state index contributed by atoms with van der Waals surface area (Å²) in [5.74, 6) is 1.20. The van der Waals surface area contributed by atoms with E-state index >= 15 is 0 Å². The molecule has 1 spiro atoms. The number of aromatic nitrogens is 1. The summed E-state index contributed by atoms with van der Waals surface area (Å²) in [4.78, 5) is 2.36. The van der Waals surface area contributed by atoms with Gasteiger partial charge in [0.1, 0.15) is 11.5 Å². The molecular formula is C75H59BN2O. The number of hydrogen-bond acceptors (Lipinski definition) is 2. The molecule has 12 aromatic rings. The molecule has 0 aliphatic carbocycles. The van der Waals surface area contributed by atoms with Crippen molar-refractivity contribution in [2.45, 2.75) is 57.8 Å². The molecule has 0 atom stereocenters. The maximum absolute atomic E-state index is 9.63. The van der Waals surface area contributed by atoms with E-state index in [1.165, 1.54) is 0 Å². The first-order valence-corrected chi connectivity index (χ1v) is 26.9. The molecule has 1 aromatic heterocycles. The van der Waals surface area contributed by atoms with E-state index in [0.29, 0.717) is 28.4 Å². The lowest BCUT2D eigenvalue weighted by atomic mass is 9.29. The molecular weight excluding hydrogens is 956 g/mol. The van der Waals surface area contributed by atoms with Crippen molar-refractivity contribution in [3.8, 4) is 50.6 Å². The molecule has 0 N–H and O–H groups in total. The number of hydrogen-bond donors (Lipinski definition) is 0. The molecule has 79 heavy (non-hydrogen) atoms. The summed E-state index contributed by atoms with van der Waals surface area (Å²) in [6, 6.07) is 51.9. The maximum atomic E-state index is 9.63. The average molecular weight is 1030 g/mol. The first-order valence-electron chi connectivity index (χ1n) is 33.4. The Bertz CT molecular complexity index is 5010. The van der Waals surface area contributed by atoms with Crippen molar-refractivity contribution in [2.75, 3.05) is 4.90 Å². The predicted molar refractivity (Wildman–Crippen MR) is 332 cm³/mol. The van der Waals surface area contributed by atoms with E-state index in [1.807, 2.05) is 109 Å². The van der Waals surface area contributed by atoms with Gasteiger partial charge in [-0.15, -0.1) is 0 Å². The van der Waals surface area contributed by atoms with Gasteiger partial charge in [-0.2, -0.15) is 0 Å². The lowest BCUT2D eigenvalue weighted by molar-refractivity contribution is 0.435. The van der Waals surface area contributed by atoms with E-state index in [2.05, 4.69) is 107 Å². The fourth-order valence-electron chi connectivity index (χ4n) is 12.9. The van der Waals surface area contributed by atoms with Crippen molar-refractivity contribution in [3.63, 3.8) is 0 Å². The third-order valence-corrected chi connectivity index (χ3v) is 16.5. The summed E-state index contributed by atoms with van der Waals surface area (Å²) in [7, 11) is 0. The molecule has 0 saturated heterocycles. The molecule has 3 aliphatic heterocycles. The lowest BCUT2D eigenvalue weighted by Gasteiger charge is -2.51. The number of benzene rings is 11. The molecule has 15 rings (SSSR count). The highest BCUT2D eigenvalue weighted by Crippen LogP contribution is 2.59. The third kappa shape index (κ3) is 7.06. The van der Waals surface area contributed by atoms with Crippen LogP contribution in [0.1, 0.15) is 92.7 Å². The van der Waals surface area contributed by atoms with Gasteiger partial charge in [-0.1, -0.05) is 235 Å². The molecule has 3 aliphatic rings. The zero-order chi connectivity index (χ0) is 64.7. The van der Waals surface area contributed by atoms with E-state index in [1.54, 1.807) is 4.57 Å². The van der Waals surface area contributed by atoms with E-state index in [0.717, 1.165) is 83.4 Å². The fraction of sp³-hybridized carbons (Fsp3) is 0.120. The lowest BCUT2D eigenvalue weighted by Crippen LogP contribution is -2.65. The second-order valence-electron chi connectivity index (χ2n) is 23.0. The highest BCUT2D eigenvalue weighted by molar-refractivity contribution is 6.99. The maximum Gasteiger partial charge on any atom is 0.247 e. The van der Waals surface area contributed by atoms with Crippen molar-refractivity contribution in [1.82, 2.24) is 4.57 Å². The predicted octanol–water partition coefficient (Wildman–Crippen LogP) is 17.5. The van der Waals surface area contributed by atoms with Crippen LogP contribution in [0.4, 0.5) is 17.1 Å². The summed E-state index contributed by atoms with van der Waals surface area (Å²) < 4.78 is 128. The van der Waals surface area contributed by atoms with Gasteiger partial charge in [0.05, 0.1) is 40.0 Å². The van der Waals surface area contributed by atoms with Crippen LogP contribution in [0.3, 0.4) is 0 Å². The van der Waals surface area contributed by atoms with Crippen LogP contribution in [0.2, 0.25) is 0 Å². The second kappa shape index (κ2) is 17.4. The Morgan fingerprint density at radius 3 is 1.56 bits per heavy atom. The molecule has 0 bridgehead atoms. The Labute approximate surface area is 482 Å². The van der Waals surface area contributed by atoms with Crippen LogP contribution < -0.4 is 26.0 Å².